The Kier molecular flexibility index (Phi) is 438. The van der Waals surface area contributed by atoms with E-state index in [0.717, 1.165) is 21.4 Å². The van der Waals surface area contributed by atoms with Gasteiger partial charge in [0.1, 0.15) is 0 Å². The molecule has 0 amide bonds. The van der Waals surface area contributed by atoms with E-state index in [1.807, 2.05) is 0 Å². The van der Waals surface area contributed by atoms with Crippen molar-refractivity contribution in [3.05, 3.63) is 40.5 Å². The first-order valence-electron chi connectivity index (χ1n) is 1.46. The third kappa shape index (κ3) is 189. The molecule has 0 rings (SSSR count). The van der Waals surface area contributed by atoms with E-state index in [9.17, 15) is 0 Å². The van der Waals surface area contributed by atoms with Crippen LogP contribution in [0.5, 0.6) is 0 Å². The zero-order valence-electron chi connectivity index (χ0n) is 5.41. The molecule has 0 aliphatic rings. The monoisotopic (exact) mass is 240 g/mol. The summed E-state index contributed by atoms with van der Waals surface area (Å²) in [4.78, 5) is 32.0. The van der Waals surface area contributed by atoms with Gasteiger partial charge >= 0.3 is 0 Å². The summed E-state index contributed by atoms with van der Waals surface area (Å²) < 4.78 is 0. The first kappa shape index (κ1) is 30.4. The first-order valence-corrected chi connectivity index (χ1v) is 1.46. The second-order valence-corrected chi connectivity index (χ2v) is 0.298. The smallest absolute Gasteiger partial charge is 0 e. The van der Waals surface area contributed by atoms with Crippen molar-refractivity contribution < 1.29 is 17.1 Å². The molecule has 12 nitrogen and oxygen atoms in total. The van der Waals surface area contributed by atoms with E-state index in [1.54, 1.807) is 0 Å². The van der Waals surface area contributed by atoms with Crippen molar-refractivity contribution >= 4 is 0 Å². The van der Waals surface area contributed by atoms with Gasteiger partial charge in [-0.2, -0.15) is 0 Å². The van der Waals surface area contributed by atoms with Crippen molar-refractivity contribution in [3.63, 3.8) is 0 Å². The van der Waals surface area contributed by atoms with Gasteiger partial charge in [0.05, 0.1) is 0 Å². The summed E-state index contributed by atoms with van der Waals surface area (Å²) in [6.07, 6.45) is 0. The van der Waals surface area contributed by atoms with Crippen molar-refractivity contribution in [2.24, 2.45) is 21.4 Å². The van der Waals surface area contributed by atoms with Crippen LogP contribution in [0, 0.1) is 40.5 Å². The van der Waals surface area contributed by atoms with Crippen LogP contribution in [0.2, 0.25) is 0 Å². The summed E-state index contributed by atoms with van der Waals surface area (Å²) in [5, 5.41) is 36.0. The Morgan fingerprint density at radius 1 is 0.538 bits per heavy atom. The standard InChI is InChI=1S/Fe.4HNO2/c;4*2-1-3/h;4*(H,2,3)/p-4. The summed E-state index contributed by atoms with van der Waals surface area (Å²) in [5.74, 6) is 0. The molecule has 13 heavy (non-hydrogen) atoms. The molecular formula is FeN4O8-4. The largest absolute Gasteiger partial charge is 0.444 e. The predicted molar refractivity (Wildman–Crippen MR) is 36.6 cm³/mol. The zero-order valence-corrected chi connectivity index (χ0v) is 6.51. The molecule has 0 saturated carbocycles. The van der Waals surface area contributed by atoms with Crippen molar-refractivity contribution in [3.8, 4) is 0 Å². The Balaban J connectivity index is -0.0000000213. The van der Waals surface area contributed by atoms with E-state index >= 15 is 0 Å². The topological polar surface area (TPSA) is 210 Å². The summed E-state index contributed by atoms with van der Waals surface area (Å²) in [7, 11) is 0. The molecule has 0 aliphatic carbocycles. The maximum Gasteiger partial charge on any atom is 0 e. The molecule has 0 aliphatic heterocycles. The van der Waals surface area contributed by atoms with Gasteiger partial charge in [0, 0.05) is 17.1 Å². The Morgan fingerprint density at radius 2 is 0.538 bits per heavy atom. The Labute approximate surface area is 79.8 Å². The van der Waals surface area contributed by atoms with Crippen LogP contribution in [0.1, 0.15) is 0 Å². The first-order chi connectivity index (χ1) is 5.66. The van der Waals surface area contributed by atoms with Crippen molar-refractivity contribution in [2.75, 3.05) is 0 Å². The fraction of sp³-hybridized carbons (Fsp3) is 0. The van der Waals surface area contributed by atoms with Gasteiger partial charge < -0.3 is 40.5 Å². The van der Waals surface area contributed by atoms with Gasteiger partial charge in [-0.25, -0.2) is 0 Å². The number of nitrogens with zero attached hydrogens (tertiary/aromatic N) is 4. The van der Waals surface area contributed by atoms with Crippen LogP contribution in [0.3, 0.4) is 0 Å². The van der Waals surface area contributed by atoms with E-state index in [4.69, 9.17) is 40.5 Å². The van der Waals surface area contributed by atoms with Crippen molar-refractivity contribution in [1.29, 1.82) is 0 Å². The van der Waals surface area contributed by atoms with E-state index in [1.165, 1.54) is 0 Å². The molecule has 80 valence electrons. The van der Waals surface area contributed by atoms with E-state index in [0.29, 0.717) is 0 Å². The molecule has 0 radical (unpaired) electrons. The minimum absolute atomic E-state index is 0. The maximum atomic E-state index is 8.00. The quantitative estimate of drug-likeness (QED) is 0.337. The molecule has 0 unspecified atom stereocenters. The van der Waals surface area contributed by atoms with E-state index < -0.39 is 0 Å². The third-order valence-electron chi connectivity index (χ3n) is 0. The van der Waals surface area contributed by atoms with Crippen molar-refractivity contribution in [1.82, 2.24) is 0 Å². The molecule has 0 fully saturated rings. The average Bonchev–Trinajstić information content (AvgIpc) is 1.92. The van der Waals surface area contributed by atoms with Crippen LogP contribution >= 0.6 is 0 Å². The third-order valence-corrected chi connectivity index (χ3v) is 0. The minimum Gasteiger partial charge on any atom is -0.444 e. The summed E-state index contributed by atoms with van der Waals surface area (Å²) in [6, 6.07) is 0. The fourth-order valence-electron chi connectivity index (χ4n) is 0. The maximum absolute atomic E-state index is 8.00. The summed E-state index contributed by atoms with van der Waals surface area (Å²) in [6.45, 7) is 0. The molecule has 0 N–H and O–H groups in total. The van der Waals surface area contributed by atoms with Gasteiger partial charge in [-0.05, 0) is 0 Å². The van der Waals surface area contributed by atoms with Gasteiger partial charge in [-0.3, -0.25) is 0 Å². The van der Waals surface area contributed by atoms with Crippen LogP contribution in [-0.2, 0) is 17.1 Å². The number of hydrogen-bond acceptors (Lipinski definition) is 12. The summed E-state index contributed by atoms with van der Waals surface area (Å²) >= 11 is 0. The molecule has 0 aromatic heterocycles. The minimum atomic E-state index is 0. The Morgan fingerprint density at radius 3 is 0.538 bits per heavy atom. The molecule has 0 bridgehead atoms. The SMILES string of the molecule is O=N[O-].O=N[O-].O=N[O-].O=N[O-].[Fe]. The predicted octanol–water partition coefficient (Wildman–Crippen LogP) is 1.000. The van der Waals surface area contributed by atoms with Crippen LogP contribution in [0.15, 0.2) is 21.4 Å². The Bertz CT molecular complexity index is 70.1. The Hall–Kier alpha value is -1.88. The second kappa shape index (κ2) is 187. The number of hydrogen-bond donors (Lipinski definition) is 0. The molecule has 13 heteroatoms. The molecule has 0 atom stereocenters. The van der Waals surface area contributed by atoms with Gasteiger partial charge in [-0.15, -0.1) is 21.4 Å². The number of rotatable bonds is 0. The average molecular weight is 240 g/mol. The molecule has 0 spiro atoms. The van der Waals surface area contributed by atoms with Crippen molar-refractivity contribution in [2.45, 2.75) is 0 Å². The van der Waals surface area contributed by atoms with Crippen LogP contribution in [0.25, 0.3) is 0 Å². The van der Waals surface area contributed by atoms with E-state index in [-0.39, 0.29) is 17.1 Å². The van der Waals surface area contributed by atoms with Crippen LogP contribution in [-0.4, -0.2) is 0 Å². The van der Waals surface area contributed by atoms with E-state index in [2.05, 4.69) is 0 Å². The van der Waals surface area contributed by atoms with Crippen LogP contribution < -0.4 is 0 Å². The molecule has 0 heterocycles. The van der Waals surface area contributed by atoms with Gasteiger partial charge in [-0.1, -0.05) is 0 Å². The summed E-state index contributed by atoms with van der Waals surface area (Å²) in [5.41, 5.74) is 0. The van der Waals surface area contributed by atoms with Crippen LogP contribution in [0.4, 0.5) is 0 Å². The normalized spacial score (nSPS) is 3.69. The molecule has 0 aromatic rings. The van der Waals surface area contributed by atoms with Gasteiger partial charge in [0.25, 0.3) is 0 Å². The zero-order chi connectivity index (χ0) is 10.8. The molecular weight excluding hydrogens is 240 g/mol. The molecule has 0 aromatic carbocycles. The van der Waals surface area contributed by atoms with Gasteiger partial charge in [0.2, 0.25) is 0 Å². The van der Waals surface area contributed by atoms with Gasteiger partial charge in [0.15, 0.2) is 0 Å². The second-order valence-electron chi connectivity index (χ2n) is 0.298. The molecule has 0 saturated heterocycles. The fourth-order valence-corrected chi connectivity index (χ4v) is 0.